The number of hydrogen-bond donors (Lipinski definition) is 2. The minimum absolute atomic E-state index is 0.153. The number of rotatable bonds is 5. The number of urea groups is 1. The summed E-state index contributed by atoms with van der Waals surface area (Å²) in [5.74, 6) is 1.98. The summed E-state index contributed by atoms with van der Waals surface area (Å²) in [5.41, 5.74) is 0.576. The van der Waals surface area contributed by atoms with Gasteiger partial charge in [-0.3, -0.25) is 0 Å². The molecule has 0 saturated carbocycles. The Labute approximate surface area is 121 Å². The molecule has 8 nitrogen and oxygen atoms in total. The van der Waals surface area contributed by atoms with Crippen LogP contribution < -0.4 is 20.1 Å². The van der Waals surface area contributed by atoms with E-state index in [1.54, 1.807) is 32.2 Å². The predicted molar refractivity (Wildman–Crippen MR) is 74.4 cm³/mol. The number of benzene rings is 1. The highest BCUT2D eigenvalue weighted by Gasteiger charge is 2.08. The normalized spacial score (nSPS) is 10.0. The van der Waals surface area contributed by atoms with E-state index in [2.05, 4.69) is 20.8 Å². The molecule has 0 atom stereocenters. The van der Waals surface area contributed by atoms with Crippen LogP contribution in [0.2, 0.25) is 0 Å². The fourth-order valence-electron chi connectivity index (χ4n) is 1.66. The van der Waals surface area contributed by atoms with Gasteiger partial charge in [0.25, 0.3) is 0 Å². The molecule has 0 fully saturated rings. The van der Waals surface area contributed by atoms with Crippen molar-refractivity contribution in [2.45, 2.75) is 13.5 Å². The highest BCUT2D eigenvalue weighted by Crippen LogP contribution is 2.29. The van der Waals surface area contributed by atoms with E-state index in [1.165, 1.54) is 7.11 Å². The lowest BCUT2D eigenvalue weighted by Gasteiger charge is -2.10. The van der Waals surface area contributed by atoms with E-state index in [0.29, 0.717) is 28.9 Å². The third kappa shape index (κ3) is 3.85. The molecule has 0 unspecified atom stereocenters. The van der Waals surface area contributed by atoms with Crippen molar-refractivity contribution in [3.63, 3.8) is 0 Å². The molecule has 0 spiro atoms. The molecular formula is C13H16N4O4. The van der Waals surface area contributed by atoms with Crippen LogP contribution in [0.25, 0.3) is 0 Å². The van der Waals surface area contributed by atoms with E-state index in [0.717, 1.165) is 0 Å². The first-order valence-corrected chi connectivity index (χ1v) is 6.18. The van der Waals surface area contributed by atoms with Crippen LogP contribution in [0.1, 0.15) is 11.7 Å². The Morgan fingerprint density at radius 2 is 2.05 bits per heavy atom. The molecule has 2 amide bonds. The monoisotopic (exact) mass is 292 g/mol. The van der Waals surface area contributed by atoms with Crippen molar-refractivity contribution < 1.29 is 18.8 Å². The van der Waals surface area contributed by atoms with E-state index < -0.39 is 6.03 Å². The summed E-state index contributed by atoms with van der Waals surface area (Å²) in [7, 11) is 3.07. The summed E-state index contributed by atoms with van der Waals surface area (Å²) in [6, 6.07) is 4.68. The van der Waals surface area contributed by atoms with Crippen LogP contribution in [0, 0.1) is 6.92 Å². The molecule has 0 aliphatic heterocycles. The third-order valence-electron chi connectivity index (χ3n) is 2.61. The Morgan fingerprint density at radius 1 is 1.29 bits per heavy atom. The first kappa shape index (κ1) is 14.6. The van der Waals surface area contributed by atoms with Crippen LogP contribution in [0.3, 0.4) is 0 Å². The van der Waals surface area contributed by atoms with E-state index in [1.807, 2.05) is 0 Å². The largest absolute Gasteiger partial charge is 0.493 e. The first-order chi connectivity index (χ1) is 10.1. The lowest BCUT2D eigenvalue weighted by atomic mass is 10.3. The van der Waals surface area contributed by atoms with Crippen molar-refractivity contribution in [3.05, 3.63) is 29.9 Å². The number of aromatic nitrogens is 2. The second-order valence-corrected chi connectivity index (χ2v) is 4.11. The molecule has 0 aliphatic rings. The molecule has 1 heterocycles. The van der Waals surface area contributed by atoms with Crippen LogP contribution in [0.4, 0.5) is 10.5 Å². The van der Waals surface area contributed by atoms with Crippen molar-refractivity contribution >= 4 is 11.7 Å². The molecule has 112 valence electrons. The first-order valence-electron chi connectivity index (χ1n) is 6.18. The second kappa shape index (κ2) is 6.60. The summed E-state index contributed by atoms with van der Waals surface area (Å²) >= 11 is 0. The fraction of sp³-hybridized carbons (Fsp3) is 0.308. The van der Waals surface area contributed by atoms with Gasteiger partial charge in [-0.15, -0.1) is 0 Å². The Balaban J connectivity index is 1.93. The van der Waals surface area contributed by atoms with Crippen LogP contribution in [0.5, 0.6) is 11.5 Å². The lowest BCUT2D eigenvalue weighted by molar-refractivity contribution is 0.249. The van der Waals surface area contributed by atoms with E-state index in [4.69, 9.17) is 14.0 Å². The average molecular weight is 292 g/mol. The topological polar surface area (TPSA) is 98.5 Å². The molecule has 2 rings (SSSR count). The Hall–Kier alpha value is -2.77. The van der Waals surface area contributed by atoms with Crippen molar-refractivity contribution in [2.75, 3.05) is 19.5 Å². The summed E-state index contributed by atoms with van der Waals surface area (Å²) in [6.07, 6.45) is 0. The molecular weight excluding hydrogens is 276 g/mol. The smallest absolute Gasteiger partial charge is 0.319 e. The van der Waals surface area contributed by atoms with Gasteiger partial charge < -0.3 is 24.6 Å². The maximum atomic E-state index is 11.8. The number of ether oxygens (including phenoxy) is 2. The van der Waals surface area contributed by atoms with E-state index >= 15 is 0 Å². The lowest BCUT2D eigenvalue weighted by Crippen LogP contribution is -2.28. The van der Waals surface area contributed by atoms with Gasteiger partial charge in [0.15, 0.2) is 17.3 Å². The minimum atomic E-state index is -0.391. The number of aryl methyl sites for hydroxylation is 1. The van der Waals surface area contributed by atoms with Gasteiger partial charge in [0, 0.05) is 11.8 Å². The fourth-order valence-corrected chi connectivity index (χ4v) is 1.66. The minimum Gasteiger partial charge on any atom is -0.493 e. The number of nitrogens with zero attached hydrogens (tertiary/aromatic N) is 2. The number of methoxy groups -OCH3 is 2. The van der Waals surface area contributed by atoms with Gasteiger partial charge >= 0.3 is 6.03 Å². The molecule has 0 radical (unpaired) electrons. The molecule has 21 heavy (non-hydrogen) atoms. The summed E-state index contributed by atoms with van der Waals surface area (Å²) < 4.78 is 15.2. The molecule has 0 saturated heterocycles. The van der Waals surface area contributed by atoms with Crippen molar-refractivity contribution in [3.8, 4) is 11.5 Å². The molecule has 2 N–H and O–H groups in total. The van der Waals surface area contributed by atoms with Crippen LogP contribution >= 0.6 is 0 Å². The van der Waals surface area contributed by atoms with Crippen LogP contribution in [-0.4, -0.2) is 30.4 Å². The van der Waals surface area contributed by atoms with E-state index in [-0.39, 0.29) is 6.54 Å². The maximum Gasteiger partial charge on any atom is 0.319 e. The zero-order chi connectivity index (χ0) is 15.2. The summed E-state index contributed by atoms with van der Waals surface area (Å²) in [4.78, 5) is 15.7. The van der Waals surface area contributed by atoms with Crippen molar-refractivity contribution in [1.29, 1.82) is 0 Å². The van der Waals surface area contributed by atoms with Gasteiger partial charge in [0.05, 0.1) is 20.8 Å². The zero-order valence-electron chi connectivity index (χ0n) is 12.0. The standard InChI is InChI=1S/C13H16N4O4/c1-8-15-12(21-17-8)7-14-13(18)16-9-4-5-10(19-2)11(6-9)20-3/h4-6H,7H2,1-3H3,(H2,14,16,18). The van der Waals surface area contributed by atoms with Gasteiger partial charge in [-0.05, 0) is 19.1 Å². The highest BCUT2D eigenvalue weighted by atomic mass is 16.5. The van der Waals surface area contributed by atoms with Crippen LogP contribution in [-0.2, 0) is 6.54 Å². The Kier molecular flexibility index (Phi) is 4.60. The van der Waals surface area contributed by atoms with Crippen LogP contribution in [0.15, 0.2) is 22.7 Å². The quantitative estimate of drug-likeness (QED) is 0.870. The predicted octanol–water partition coefficient (Wildman–Crippen LogP) is 1.72. The Morgan fingerprint density at radius 3 is 2.67 bits per heavy atom. The average Bonchev–Trinajstić information content (AvgIpc) is 2.90. The molecule has 1 aromatic heterocycles. The summed E-state index contributed by atoms with van der Waals surface area (Å²) in [5, 5.41) is 8.91. The van der Waals surface area contributed by atoms with Crippen molar-refractivity contribution in [2.24, 2.45) is 0 Å². The number of amides is 2. The molecule has 1 aromatic carbocycles. The number of nitrogens with one attached hydrogen (secondary N) is 2. The zero-order valence-corrected chi connectivity index (χ0v) is 12.0. The molecule has 0 bridgehead atoms. The number of hydrogen-bond acceptors (Lipinski definition) is 6. The second-order valence-electron chi connectivity index (χ2n) is 4.11. The summed E-state index contributed by atoms with van der Waals surface area (Å²) in [6.45, 7) is 1.86. The number of anilines is 1. The van der Waals surface area contributed by atoms with Gasteiger partial charge in [-0.25, -0.2) is 4.79 Å². The van der Waals surface area contributed by atoms with Gasteiger partial charge in [-0.2, -0.15) is 4.98 Å². The molecule has 2 aromatic rings. The maximum absolute atomic E-state index is 11.8. The van der Waals surface area contributed by atoms with E-state index in [9.17, 15) is 4.79 Å². The third-order valence-corrected chi connectivity index (χ3v) is 2.61. The van der Waals surface area contributed by atoms with Gasteiger partial charge in [-0.1, -0.05) is 5.16 Å². The number of carbonyl (C=O) groups is 1. The highest BCUT2D eigenvalue weighted by molar-refractivity contribution is 5.89. The molecule has 0 aliphatic carbocycles. The molecule has 8 heteroatoms. The van der Waals surface area contributed by atoms with Crippen molar-refractivity contribution in [1.82, 2.24) is 15.5 Å². The number of carbonyl (C=O) groups excluding carboxylic acids is 1. The van der Waals surface area contributed by atoms with Gasteiger partial charge in [0.2, 0.25) is 5.89 Å². The Bertz CT molecular complexity index is 626. The SMILES string of the molecule is COc1ccc(NC(=O)NCc2nc(C)no2)cc1OC. The van der Waals surface area contributed by atoms with Gasteiger partial charge in [0.1, 0.15) is 0 Å².